The van der Waals surface area contributed by atoms with Crippen molar-refractivity contribution >= 4 is 17.7 Å². The molecular formula is C24H32N8O. The van der Waals surface area contributed by atoms with Gasteiger partial charge >= 0.3 is 0 Å². The van der Waals surface area contributed by atoms with Crippen molar-refractivity contribution in [3.8, 4) is 17.1 Å². The van der Waals surface area contributed by atoms with Crippen LogP contribution >= 0.6 is 0 Å². The molecule has 1 aliphatic rings. The largest absolute Gasteiger partial charge is 0.496 e. The van der Waals surface area contributed by atoms with Gasteiger partial charge < -0.3 is 19.9 Å². The van der Waals surface area contributed by atoms with E-state index in [1.165, 1.54) is 0 Å². The minimum Gasteiger partial charge on any atom is -0.496 e. The third kappa shape index (κ3) is 4.54. The molecule has 174 valence electrons. The fourth-order valence-electron chi connectivity index (χ4n) is 3.79. The van der Waals surface area contributed by atoms with Gasteiger partial charge in [0.1, 0.15) is 12.1 Å². The molecule has 1 aliphatic heterocycles. The van der Waals surface area contributed by atoms with Crippen molar-refractivity contribution in [2.75, 3.05) is 24.3 Å². The topological polar surface area (TPSA) is 115 Å². The predicted molar refractivity (Wildman–Crippen MR) is 132 cm³/mol. The lowest BCUT2D eigenvalue weighted by atomic mass is 9.97. The van der Waals surface area contributed by atoms with Crippen LogP contribution in [0, 0.1) is 12.3 Å². The number of nitrogens with zero attached hydrogens (tertiary/aromatic N) is 5. The van der Waals surface area contributed by atoms with E-state index in [4.69, 9.17) is 15.5 Å². The molecule has 0 saturated heterocycles. The zero-order valence-electron chi connectivity index (χ0n) is 20.1. The fraction of sp³-hybridized carbons (Fsp3) is 0.417. The number of fused-ring (bicyclic) bond motifs is 1. The first-order valence-corrected chi connectivity index (χ1v) is 11.1. The number of hydrogen-bond acceptors (Lipinski definition) is 8. The lowest BCUT2D eigenvalue weighted by Gasteiger charge is -2.34. The maximum Gasteiger partial charge on any atom is 0.212 e. The molecule has 9 heteroatoms. The Morgan fingerprint density at radius 3 is 2.73 bits per heavy atom. The highest BCUT2D eigenvalue weighted by molar-refractivity contribution is 5.94. The number of aryl methyl sites for hydroxylation is 2. The summed E-state index contributed by atoms with van der Waals surface area (Å²) in [5, 5.41) is 15.2. The zero-order chi connectivity index (χ0) is 23.8. The first kappa shape index (κ1) is 22.7. The van der Waals surface area contributed by atoms with E-state index >= 15 is 0 Å². The summed E-state index contributed by atoms with van der Waals surface area (Å²) in [5.74, 6) is 0.919. The van der Waals surface area contributed by atoms with E-state index in [2.05, 4.69) is 46.6 Å². The summed E-state index contributed by atoms with van der Waals surface area (Å²) >= 11 is 0. The van der Waals surface area contributed by atoms with Crippen LogP contribution in [0.15, 0.2) is 35.6 Å². The average molecular weight is 449 g/mol. The fourth-order valence-corrected chi connectivity index (χ4v) is 3.79. The summed E-state index contributed by atoms with van der Waals surface area (Å²) in [4.78, 5) is 9.39. The van der Waals surface area contributed by atoms with E-state index in [-0.39, 0.29) is 5.41 Å². The van der Waals surface area contributed by atoms with E-state index in [0.717, 1.165) is 47.2 Å². The van der Waals surface area contributed by atoms with E-state index in [0.29, 0.717) is 11.3 Å². The first-order chi connectivity index (χ1) is 15.6. The first-order valence-electron chi connectivity index (χ1n) is 11.1. The molecule has 1 atom stereocenters. The number of methoxy groups -OCH3 is 1. The van der Waals surface area contributed by atoms with Crippen LogP contribution in [0.3, 0.4) is 0 Å². The summed E-state index contributed by atoms with van der Waals surface area (Å²) in [6.07, 6.45) is 3.51. The Balaban J connectivity index is 1.72. The molecule has 0 bridgehead atoms. The molecule has 0 amide bonds. The van der Waals surface area contributed by atoms with Crippen molar-refractivity contribution in [3.05, 3.63) is 47.4 Å². The molecule has 9 nitrogen and oxygen atoms in total. The number of aromatic nitrogens is 4. The number of nitrogens with one attached hydrogen (secondary N) is 2. The van der Waals surface area contributed by atoms with Crippen molar-refractivity contribution < 1.29 is 4.74 Å². The van der Waals surface area contributed by atoms with Gasteiger partial charge in [0.2, 0.25) is 5.79 Å². The molecule has 1 aromatic carbocycles. The van der Waals surface area contributed by atoms with Gasteiger partial charge in [-0.05, 0) is 37.5 Å². The molecule has 4 rings (SSSR count). The van der Waals surface area contributed by atoms with Gasteiger partial charge in [-0.15, -0.1) is 10.2 Å². The standard InChI is InChI=1S/C24H32N8O/c1-7-32-14-28-31-22(32)16-8-9-18(19(11-16)33-6)24(25)27-12-17-10-15(2)29-21(20(17)30-24)26-13-23(3,4)5/h8-12,14,30H,7,13,25H2,1-6H3,(H,26,29). The lowest BCUT2D eigenvalue weighted by Crippen LogP contribution is -2.45. The van der Waals surface area contributed by atoms with Gasteiger partial charge in [0.25, 0.3) is 0 Å². The van der Waals surface area contributed by atoms with Gasteiger partial charge in [0.15, 0.2) is 11.6 Å². The maximum absolute atomic E-state index is 6.81. The van der Waals surface area contributed by atoms with Crippen molar-refractivity contribution in [3.63, 3.8) is 0 Å². The second-order valence-corrected chi connectivity index (χ2v) is 9.50. The Morgan fingerprint density at radius 1 is 1.24 bits per heavy atom. The van der Waals surface area contributed by atoms with Crippen LogP contribution in [0.25, 0.3) is 11.4 Å². The predicted octanol–water partition coefficient (Wildman–Crippen LogP) is 3.75. The van der Waals surface area contributed by atoms with Crippen LogP contribution in [-0.4, -0.2) is 39.6 Å². The summed E-state index contributed by atoms with van der Waals surface area (Å²) < 4.78 is 7.70. The van der Waals surface area contributed by atoms with Gasteiger partial charge in [0.05, 0.1) is 18.4 Å². The highest BCUT2D eigenvalue weighted by atomic mass is 16.5. The number of benzene rings is 1. The third-order valence-electron chi connectivity index (χ3n) is 5.51. The molecule has 0 spiro atoms. The van der Waals surface area contributed by atoms with E-state index < -0.39 is 5.79 Å². The van der Waals surface area contributed by atoms with Crippen LogP contribution in [0.2, 0.25) is 0 Å². The lowest BCUT2D eigenvalue weighted by molar-refractivity contribution is 0.393. The van der Waals surface area contributed by atoms with Crippen LogP contribution < -0.4 is 21.1 Å². The van der Waals surface area contributed by atoms with Crippen molar-refractivity contribution in [2.24, 2.45) is 16.1 Å². The van der Waals surface area contributed by atoms with E-state index in [1.807, 2.05) is 42.7 Å². The maximum atomic E-state index is 6.81. The van der Waals surface area contributed by atoms with Crippen LogP contribution in [0.4, 0.5) is 11.5 Å². The number of nitrogens with two attached hydrogens (primary N) is 1. The number of aliphatic imine (C=N–C) groups is 1. The number of rotatable bonds is 6. The summed E-state index contributed by atoms with van der Waals surface area (Å²) in [6, 6.07) is 7.79. The number of anilines is 2. The van der Waals surface area contributed by atoms with Gasteiger partial charge in [0, 0.05) is 36.1 Å². The second-order valence-electron chi connectivity index (χ2n) is 9.50. The zero-order valence-corrected chi connectivity index (χ0v) is 20.1. The molecule has 0 radical (unpaired) electrons. The molecule has 0 aliphatic carbocycles. The smallest absolute Gasteiger partial charge is 0.212 e. The normalized spacial score (nSPS) is 17.4. The molecular weight excluding hydrogens is 416 g/mol. The minimum absolute atomic E-state index is 0.0962. The van der Waals surface area contributed by atoms with E-state index in [9.17, 15) is 0 Å². The molecule has 3 heterocycles. The van der Waals surface area contributed by atoms with Crippen molar-refractivity contribution in [1.29, 1.82) is 0 Å². The minimum atomic E-state index is -1.22. The Labute approximate surface area is 194 Å². The molecule has 33 heavy (non-hydrogen) atoms. The van der Waals surface area contributed by atoms with Crippen molar-refractivity contribution in [1.82, 2.24) is 19.7 Å². The molecule has 4 N–H and O–H groups in total. The summed E-state index contributed by atoms with van der Waals surface area (Å²) in [6.45, 7) is 12.1. The van der Waals surface area contributed by atoms with Crippen LogP contribution in [0.5, 0.6) is 5.75 Å². The Hall–Kier alpha value is -3.46. The SMILES string of the molecule is CCn1cnnc1-c1ccc(C2(N)N=Cc3cc(C)nc(NCC(C)(C)C)c3N2)c(OC)c1. The average Bonchev–Trinajstić information content (AvgIpc) is 3.26. The van der Waals surface area contributed by atoms with Gasteiger partial charge in [-0.25, -0.2) is 9.98 Å². The molecule has 1 unspecified atom stereocenters. The highest BCUT2D eigenvalue weighted by Gasteiger charge is 2.34. The highest BCUT2D eigenvalue weighted by Crippen LogP contribution is 2.38. The van der Waals surface area contributed by atoms with Crippen LogP contribution in [0.1, 0.15) is 44.5 Å². The molecule has 2 aromatic heterocycles. The number of pyridine rings is 1. The Kier molecular flexibility index (Phi) is 5.84. The molecule has 0 fully saturated rings. The van der Waals surface area contributed by atoms with Gasteiger partial charge in [-0.3, -0.25) is 5.73 Å². The second kappa shape index (κ2) is 8.47. The van der Waals surface area contributed by atoms with Gasteiger partial charge in [-0.1, -0.05) is 26.8 Å². The monoisotopic (exact) mass is 448 g/mol. The Morgan fingerprint density at radius 2 is 2.03 bits per heavy atom. The quantitative estimate of drug-likeness (QED) is 0.526. The molecule has 3 aromatic rings. The number of ether oxygens (including phenoxy) is 1. The van der Waals surface area contributed by atoms with Crippen molar-refractivity contribution in [2.45, 2.75) is 47.0 Å². The summed E-state index contributed by atoms with van der Waals surface area (Å²) in [7, 11) is 1.62. The summed E-state index contributed by atoms with van der Waals surface area (Å²) in [5.41, 5.74) is 11.2. The number of hydrogen-bond donors (Lipinski definition) is 3. The van der Waals surface area contributed by atoms with E-state index in [1.54, 1.807) is 19.7 Å². The third-order valence-corrected chi connectivity index (χ3v) is 5.51. The van der Waals surface area contributed by atoms with Crippen LogP contribution in [-0.2, 0) is 12.3 Å². The molecule has 0 saturated carbocycles. The van der Waals surface area contributed by atoms with Gasteiger partial charge in [-0.2, -0.15) is 0 Å². The Bertz CT molecular complexity index is 1190.